The topological polar surface area (TPSA) is 90.9 Å². The molecule has 0 aromatic heterocycles. The number of aliphatic hydroxyl groups is 1. The Kier molecular flexibility index (Phi) is 10.1. The van der Waals surface area contributed by atoms with E-state index in [4.69, 9.17) is 27.9 Å². The van der Waals surface area contributed by atoms with E-state index in [1.165, 1.54) is 19.3 Å². The first kappa shape index (κ1) is 25.2. The number of halogens is 2. The minimum absolute atomic E-state index is 0.0135. The third kappa shape index (κ3) is 7.89. The van der Waals surface area contributed by atoms with Crippen LogP contribution in [-0.2, 0) is 20.9 Å². The summed E-state index contributed by atoms with van der Waals surface area (Å²) in [7, 11) is 0. The maximum atomic E-state index is 12.4. The van der Waals surface area contributed by atoms with E-state index in [0.717, 1.165) is 25.2 Å². The molecular formula is C23H33Cl2N3O4. The van der Waals surface area contributed by atoms with Crippen LogP contribution in [0.1, 0.15) is 50.5 Å². The Morgan fingerprint density at radius 3 is 2.59 bits per heavy atom. The van der Waals surface area contributed by atoms with Crippen LogP contribution < -0.4 is 10.6 Å². The molecule has 2 amide bonds. The molecule has 7 nitrogen and oxygen atoms in total. The van der Waals surface area contributed by atoms with Gasteiger partial charge in [-0.25, -0.2) is 0 Å². The van der Waals surface area contributed by atoms with E-state index in [9.17, 15) is 14.7 Å². The highest BCUT2D eigenvalue weighted by Gasteiger charge is 2.32. The quantitative estimate of drug-likeness (QED) is 0.500. The third-order valence-electron chi connectivity index (χ3n) is 6.13. The summed E-state index contributed by atoms with van der Waals surface area (Å²) in [5.41, 5.74) is 0.859. The van der Waals surface area contributed by atoms with Gasteiger partial charge in [0.2, 0.25) is 11.8 Å². The second-order valence-corrected chi connectivity index (χ2v) is 9.43. The van der Waals surface area contributed by atoms with Crippen LogP contribution in [0.5, 0.6) is 0 Å². The van der Waals surface area contributed by atoms with Crippen molar-refractivity contribution in [3.63, 3.8) is 0 Å². The molecule has 0 spiro atoms. The highest BCUT2D eigenvalue weighted by molar-refractivity contribution is 6.42. The van der Waals surface area contributed by atoms with Crippen molar-refractivity contribution < 1.29 is 19.4 Å². The molecule has 2 fully saturated rings. The van der Waals surface area contributed by atoms with Gasteiger partial charge in [-0.2, -0.15) is 0 Å². The number of carbonyl (C=O) groups excluding carboxylic acids is 2. The van der Waals surface area contributed by atoms with Crippen molar-refractivity contribution >= 4 is 35.0 Å². The van der Waals surface area contributed by atoms with Crippen LogP contribution >= 0.6 is 23.2 Å². The van der Waals surface area contributed by atoms with Crippen LogP contribution in [0.4, 0.5) is 0 Å². The van der Waals surface area contributed by atoms with Crippen molar-refractivity contribution in [2.75, 3.05) is 26.2 Å². The number of benzene rings is 1. The van der Waals surface area contributed by atoms with E-state index in [0.29, 0.717) is 35.9 Å². The molecule has 2 saturated heterocycles. The lowest BCUT2D eigenvalue weighted by atomic mass is 9.96. The standard InChI is InChI=1S/C23H33Cl2N3O4/c24-18-6-4-16(12-19(18)25)14-26-23(31)13-17-5-7-20(21(15-29)32-17)27-22(30)8-11-28-9-2-1-3-10-28/h4,6,12,17,20-21,29H,1-3,5,7-11,13-15H2,(H,26,31)(H,27,30)/t17-,20-,21-/m0/s1. The van der Waals surface area contributed by atoms with Gasteiger partial charge in [0, 0.05) is 19.5 Å². The van der Waals surface area contributed by atoms with Crippen LogP contribution in [0.25, 0.3) is 0 Å². The molecule has 2 aliphatic rings. The van der Waals surface area contributed by atoms with Crippen molar-refractivity contribution in [2.24, 2.45) is 0 Å². The maximum Gasteiger partial charge on any atom is 0.222 e. The van der Waals surface area contributed by atoms with Crippen molar-refractivity contribution in [3.8, 4) is 0 Å². The molecule has 178 valence electrons. The number of piperidine rings is 1. The molecule has 0 radical (unpaired) electrons. The highest BCUT2D eigenvalue weighted by Crippen LogP contribution is 2.24. The Balaban J connectivity index is 1.38. The number of rotatable bonds is 9. The zero-order valence-corrected chi connectivity index (χ0v) is 19.8. The summed E-state index contributed by atoms with van der Waals surface area (Å²) in [6.07, 6.45) is 4.86. The second-order valence-electron chi connectivity index (χ2n) is 8.61. The zero-order valence-electron chi connectivity index (χ0n) is 18.3. The molecule has 3 atom stereocenters. The smallest absolute Gasteiger partial charge is 0.222 e. The molecule has 1 aromatic rings. The van der Waals surface area contributed by atoms with Crippen LogP contribution in [0.3, 0.4) is 0 Å². The van der Waals surface area contributed by atoms with E-state index in [1.807, 2.05) is 6.07 Å². The van der Waals surface area contributed by atoms with Gasteiger partial charge < -0.3 is 25.4 Å². The predicted octanol–water partition coefficient (Wildman–Crippen LogP) is 2.90. The molecule has 3 N–H and O–H groups in total. The Labute approximate surface area is 199 Å². The summed E-state index contributed by atoms with van der Waals surface area (Å²) in [6.45, 7) is 3.05. The van der Waals surface area contributed by atoms with E-state index in [1.54, 1.807) is 12.1 Å². The number of carbonyl (C=O) groups is 2. The van der Waals surface area contributed by atoms with E-state index < -0.39 is 6.10 Å². The Morgan fingerprint density at radius 2 is 1.88 bits per heavy atom. The number of hydrogen-bond acceptors (Lipinski definition) is 5. The molecule has 0 bridgehead atoms. The zero-order chi connectivity index (χ0) is 22.9. The first-order chi connectivity index (χ1) is 15.4. The first-order valence-corrected chi connectivity index (χ1v) is 12.2. The molecule has 0 unspecified atom stereocenters. The predicted molar refractivity (Wildman–Crippen MR) is 125 cm³/mol. The van der Waals surface area contributed by atoms with Gasteiger partial charge in [0.25, 0.3) is 0 Å². The lowest BCUT2D eigenvalue weighted by molar-refractivity contribution is -0.136. The fourth-order valence-electron chi connectivity index (χ4n) is 4.30. The molecular weight excluding hydrogens is 453 g/mol. The molecule has 2 aliphatic heterocycles. The molecule has 0 saturated carbocycles. The third-order valence-corrected chi connectivity index (χ3v) is 6.87. The minimum Gasteiger partial charge on any atom is -0.394 e. The van der Waals surface area contributed by atoms with Gasteiger partial charge in [0.1, 0.15) is 6.10 Å². The van der Waals surface area contributed by atoms with Gasteiger partial charge in [0.05, 0.1) is 35.2 Å². The normalized spacial score (nSPS) is 24.2. The number of nitrogens with zero attached hydrogens (tertiary/aromatic N) is 1. The fourth-order valence-corrected chi connectivity index (χ4v) is 4.62. The van der Waals surface area contributed by atoms with Crippen molar-refractivity contribution in [1.29, 1.82) is 0 Å². The van der Waals surface area contributed by atoms with Gasteiger partial charge >= 0.3 is 0 Å². The number of amides is 2. The molecule has 0 aliphatic carbocycles. The van der Waals surface area contributed by atoms with Gasteiger partial charge in [0.15, 0.2) is 0 Å². The SMILES string of the molecule is O=C(C[C@@H]1CC[C@H](NC(=O)CCN2CCCCC2)[C@H](CO)O1)NCc1ccc(Cl)c(Cl)c1. The van der Waals surface area contributed by atoms with E-state index in [-0.39, 0.29) is 37.0 Å². The summed E-state index contributed by atoms with van der Waals surface area (Å²) in [5, 5.41) is 16.5. The average molecular weight is 486 g/mol. The van der Waals surface area contributed by atoms with Crippen molar-refractivity contribution in [2.45, 2.75) is 69.7 Å². The Morgan fingerprint density at radius 1 is 1.09 bits per heavy atom. The van der Waals surface area contributed by atoms with Gasteiger partial charge in [-0.15, -0.1) is 0 Å². The van der Waals surface area contributed by atoms with Gasteiger partial charge in [-0.05, 0) is 56.5 Å². The second kappa shape index (κ2) is 12.8. The van der Waals surface area contributed by atoms with Crippen LogP contribution in [0.15, 0.2) is 18.2 Å². The summed E-state index contributed by atoms with van der Waals surface area (Å²) in [5.74, 6) is -0.151. The van der Waals surface area contributed by atoms with Crippen LogP contribution in [0.2, 0.25) is 10.0 Å². The summed E-state index contributed by atoms with van der Waals surface area (Å²) < 4.78 is 5.93. The Bertz CT molecular complexity index is 774. The van der Waals surface area contributed by atoms with Crippen LogP contribution in [0, 0.1) is 0 Å². The maximum absolute atomic E-state index is 12.4. The number of hydrogen-bond donors (Lipinski definition) is 3. The van der Waals surface area contributed by atoms with Gasteiger partial charge in [-0.3, -0.25) is 9.59 Å². The van der Waals surface area contributed by atoms with E-state index >= 15 is 0 Å². The monoisotopic (exact) mass is 485 g/mol. The molecule has 3 rings (SSSR count). The number of nitrogens with one attached hydrogen (secondary N) is 2. The van der Waals surface area contributed by atoms with E-state index in [2.05, 4.69) is 15.5 Å². The van der Waals surface area contributed by atoms with Gasteiger partial charge in [-0.1, -0.05) is 35.7 Å². The fraction of sp³-hybridized carbons (Fsp3) is 0.652. The molecule has 1 aromatic carbocycles. The first-order valence-electron chi connectivity index (χ1n) is 11.4. The number of likely N-dealkylation sites (tertiary alicyclic amines) is 1. The lowest BCUT2D eigenvalue weighted by Crippen LogP contribution is -2.51. The number of ether oxygens (including phenoxy) is 1. The minimum atomic E-state index is -0.504. The summed E-state index contributed by atoms with van der Waals surface area (Å²) in [6, 6.07) is 5.00. The molecule has 9 heteroatoms. The molecule has 32 heavy (non-hydrogen) atoms. The highest BCUT2D eigenvalue weighted by atomic mass is 35.5. The Hall–Kier alpha value is -1.38. The van der Waals surface area contributed by atoms with Crippen LogP contribution in [-0.4, -0.2) is 66.3 Å². The summed E-state index contributed by atoms with van der Waals surface area (Å²) in [4.78, 5) is 27.1. The molecule has 2 heterocycles. The van der Waals surface area contributed by atoms with Crippen molar-refractivity contribution in [3.05, 3.63) is 33.8 Å². The largest absolute Gasteiger partial charge is 0.394 e. The average Bonchev–Trinajstić information content (AvgIpc) is 2.80. The van der Waals surface area contributed by atoms with Crippen molar-refractivity contribution in [1.82, 2.24) is 15.5 Å². The lowest BCUT2D eigenvalue weighted by Gasteiger charge is -2.36. The summed E-state index contributed by atoms with van der Waals surface area (Å²) >= 11 is 11.9. The number of aliphatic hydroxyl groups excluding tert-OH is 1.